The van der Waals surface area contributed by atoms with Gasteiger partial charge in [0.2, 0.25) is 0 Å². The topological polar surface area (TPSA) is 37.3 Å². The van der Waals surface area contributed by atoms with Crippen LogP contribution in [0.25, 0.3) is 0 Å². The minimum Gasteiger partial charge on any atom is -0.481 e. The van der Waals surface area contributed by atoms with Crippen molar-refractivity contribution in [3.05, 3.63) is 24.3 Å². The first-order valence-corrected chi connectivity index (χ1v) is 7.79. The van der Waals surface area contributed by atoms with Crippen molar-refractivity contribution in [1.82, 2.24) is 0 Å². The molecule has 0 atom stereocenters. The highest BCUT2D eigenvalue weighted by Crippen LogP contribution is 2.06. The van der Waals surface area contributed by atoms with E-state index in [0.29, 0.717) is 0 Å². The van der Waals surface area contributed by atoms with E-state index in [9.17, 15) is 4.79 Å². The Morgan fingerprint density at radius 2 is 1.32 bits per heavy atom. The van der Waals surface area contributed by atoms with Crippen LogP contribution in [-0.2, 0) is 4.79 Å². The van der Waals surface area contributed by atoms with Gasteiger partial charge in [-0.3, -0.25) is 4.79 Å². The summed E-state index contributed by atoms with van der Waals surface area (Å²) >= 11 is 0. The molecule has 0 aromatic carbocycles. The summed E-state index contributed by atoms with van der Waals surface area (Å²) in [5.74, 6) is -0.699. The summed E-state index contributed by atoms with van der Waals surface area (Å²) in [6.07, 6.45) is 20.9. The van der Waals surface area contributed by atoms with Crippen molar-refractivity contribution >= 4 is 5.97 Å². The van der Waals surface area contributed by atoms with Crippen molar-refractivity contribution in [2.75, 3.05) is 0 Å². The molecule has 0 aromatic heterocycles. The Morgan fingerprint density at radius 1 is 0.789 bits per heavy atom. The Labute approximate surface area is 118 Å². The molecule has 2 nitrogen and oxygen atoms in total. The molecule has 0 spiro atoms. The van der Waals surface area contributed by atoms with Gasteiger partial charge in [-0.05, 0) is 38.5 Å². The van der Waals surface area contributed by atoms with Crippen LogP contribution in [0.5, 0.6) is 0 Å². The third kappa shape index (κ3) is 16.9. The van der Waals surface area contributed by atoms with Crippen LogP contribution in [0.15, 0.2) is 24.3 Å². The van der Waals surface area contributed by atoms with E-state index in [1.54, 1.807) is 0 Å². The first-order chi connectivity index (χ1) is 9.27. The molecule has 0 saturated heterocycles. The molecule has 1 N–H and O–H groups in total. The zero-order chi connectivity index (χ0) is 14.2. The molecule has 0 aliphatic carbocycles. The summed E-state index contributed by atoms with van der Waals surface area (Å²) < 4.78 is 0. The normalized spacial score (nSPS) is 11.6. The molecule has 0 fully saturated rings. The van der Waals surface area contributed by atoms with Crippen molar-refractivity contribution in [3.8, 4) is 0 Å². The van der Waals surface area contributed by atoms with Gasteiger partial charge in [0, 0.05) is 6.42 Å². The van der Waals surface area contributed by atoms with Crippen molar-refractivity contribution in [2.24, 2.45) is 0 Å². The minimum atomic E-state index is -0.699. The molecule has 110 valence electrons. The largest absolute Gasteiger partial charge is 0.481 e. The highest BCUT2D eigenvalue weighted by atomic mass is 16.4. The smallest absolute Gasteiger partial charge is 0.303 e. The van der Waals surface area contributed by atoms with E-state index in [1.807, 2.05) is 0 Å². The summed E-state index contributed by atoms with van der Waals surface area (Å²) in [5, 5.41) is 8.47. The highest BCUT2D eigenvalue weighted by molar-refractivity contribution is 5.66. The van der Waals surface area contributed by atoms with E-state index in [4.69, 9.17) is 5.11 Å². The van der Waals surface area contributed by atoms with Crippen LogP contribution < -0.4 is 0 Å². The average Bonchev–Trinajstić information content (AvgIpc) is 2.39. The lowest BCUT2D eigenvalue weighted by Crippen LogP contribution is -1.92. The fourth-order valence-electron chi connectivity index (χ4n) is 1.90. The Bertz CT molecular complexity index is 254. The monoisotopic (exact) mass is 266 g/mol. The van der Waals surface area contributed by atoms with Crippen LogP contribution in [0.4, 0.5) is 0 Å². The second-order valence-corrected chi connectivity index (χ2v) is 5.01. The molecule has 0 aliphatic heterocycles. The fourth-order valence-corrected chi connectivity index (χ4v) is 1.90. The molecule has 19 heavy (non-hydrogen) atoms. The molecule has 0 radical (unpaired) electrons. The Balaban J connectivity index is 3.20. The van der Waals surface area contributed by atoms with Crippen LogP contribution in [0.3, 0.4) is 0 Å². The number of carboxylic acids is 1. The van der Waals surface area contributed by atoms with Crippen LogP contribution in [-0.4, -0.2) is 11.1 Å². The van der Waals surface area contributed by atoms with E-state index < -0.39 is 5.97 Å². The molecule has 0 unspecified atom stereocenters. The summed E-state index contributed by atoms with van der Waals surface area (Å²) in [7, 11) is 0. The number of hydrogen-bond donors (Lipinski definition) is 1. The number of unbranched alkanes of at least 4 members (excludes halogenated alkanes) is 7. The molecule has 0 aliphatic rings. The van der Waals surface area contributed by atoms with Gasteiger partial charge in [-0.15, -0.1) is 0 Å². The maximum absolute atomic E-state index is 10.3. The molecular formula is C17H30O2. The summed E-state index contributed by atoms with van der Waals surface area (Å²) in [4.78, 5) is 10.3. The summed E-state index contributed by atoms with van der Waals surface area (Å²) in [5.41, 5.74) is 0. The second kappa shape index (κ2) is 15.0. The van der Waals surface area contributed by atoms with E-state index in [1.165, 1.54) is 38.5 Å². The molecule has 0 aromatic rings. The first kappa shape index (κ1) is 17.9. The zero-order valence-corrected chi connectivity index (χ0v) is 12.4. The van der Waals surface area contributed by atoms with Crippen LogP contribution in [0.2, 0.25) is 0 Å². The number of carboxylic acid groups (broad SMARTS) is 1. The van der Waals surface area contributed by atoms with Gasteiger partial charge >= 0.3 is 5.97 Å². The third-order valence-corrected chi connectivity index (χ3v) is 3.07. The molecule has 0 rings (SSSR count). The van der Waals surface area contributed by atoms with Crippen LogP contribution in [0, 0.1) is 0 Å². The third-order valence-electron chi connectivity index (χ3n) is 3.07. The highest BCUT2D eigenvalue weighted by Gasteiger charge is 1.92. The Hall–Kier alpha value is -1.05. The number of hydrogen-bond acceptors (Lipinski definition) is 1. The SMILES string of the molecule is CCCCCCC/C=C\CC/C=C\CCCC(=O)O. The lowest BCUT2D eigenvalue weighted by molar-refractivity contribution is -0.137. The van der Waals surface area contributed by atoms with E-state index in [-0.39, 0.29) is 6.42 Å². The van der Waals surface area contributed by atoms with Gasteiger partial charge in [-0.25, -0.2) is 0 Å². The van der Waals surface area contributed by atoms with Gasteiger partial charge in [-0.1, -0.05) is 56.9 Å². The number of carbonyl (C=O) groups is 1. The van der Waals surface area contributed by atoms with Gasteiger partial charge in [0.1, 0.15) is 0 Å². The molecule has 0 bridgehead atoms. The van der Waals surface area contributed by atoms with E-state index in [0.717, 1.165) is 25.7 Å². The van der Waals surface area contributed by atoms with Gasteiger partial charge < -0.3 is 5.11 Å². The predicted molar refractivity (Wildman–Crippen MR) is 82.4 cm³/mol. The van der Waals surface area contributed by atoms with Gasteiger partial charge in [-0.2, -0.15) is 0 Å². The fraction of sp³-hybridized carbons (Fsp3) is 0.706. The van der Waals surface area contributed by atoms with Gasteiger partial charge in [0.15, 0.2) is 0 Å². The summed E-state index contributed by atoms with van der Waals surface area (Å²) in [6.45, 7) is 2.25. The standard InChI is InChI=1S/C17H30O2/c1-2-3-4-5-6-7-8-9-10-11-12-13-14-15-16-17(18)19/h8-9,12-13H,2-7,10-11,14-16H2,1H3,(H,18,19)/b9-8-,13-12-. The van der Waals surface area contributed by atoms with Crippen LogP contribution in [0.1, 0.15) is 77.6 Å². The molecule has 2 heteroatoms. The Morgan fingerprint density at radius 3 is 1.89 bits per heavy atom. The summed E-state index contributed by atoms with van der Waals surface area (Å²) in [6, 6.07) is 0. The Kier molecular flexibility index (Phi) is 14.2. The quantitative estimate of drug-likeness (QED) is 0.353. The number of allylic oxidation sites excluding steroid dienone is 4. The maximum Gasteiger partial charge on any atom is 0.303 e. The minimum absolute atomic E-state index is 0.280. The van der Waals surface area contributed by atoms with Gasteiger partial charge in [0.05, 0.1) is 0 Å². The maximum atomic E-state index is 10.3. The van der Waals surface area contributed by atoms with Crippen molar-refractivity contribution in [1.29, 1.82) is 0 Å². The van der Waals surface area contributed by atoms with E-state index in [2.05, 4.69) is 31.2 Å². The van der Waals surface area contributed by atoms with Crippen molar-refractivity contribution < 1.29 is 9.90 Å². The number of aliphatic carboxylic acids is 1. The van der Waals surface area contributed by atoms with Crippen molar-refractivity contribution in [3.63, 3.8) is 0 Å². The van der Waals surface area contributed by atoms with Crippen LogP contribution >= 0.6 is 0 Å². The van der Waals surface area contributed by atoms with Gasteiger partial charge in [0.25, 0.3) is 0 Å². The zero-order valence-electron chi connectivity index (χ0n) is 12.4. The molecule has 0 saturated carbocycles. The lowest BCUT2D eigenvalue weighted by atomic mass is 10.1. The first-order valence-electron chi connectivity index (χ1n) is 7.79. The molecule has 0 heterocycles. The average molecular weight is 266 g/mol. The van der Waals surface area contributed by atoms with Crippen molar-refractivity contribution in [2.45, 2.75) is 77.6 Å². The number of rotatable bonds is 13. The predicted octanol–water partition coefficient (Wildman–Crippen LogP) is 5.49. The second-order valence-electron chi connectivity index (χ2n) is 5.01. The lowest BCUT2D eigenvalue weighted by Gasteiger charge is -1.96. The van der Waals surface area contributed by atoms with E-state index >= 15 is 0 Å². The molecular weight excluding hydrogens is 236 g/mol. The molecule has 0 amide bonds.